The number of nitrogens with one attached hydrogen (secondary N) is 2. The normalized spacial score (nSPS) is 10.9. The van der Waals surface area contributed by atoms with E-state index in [-0.39, 0.29) is 16.9 Å². The summed E-state index contributed by atoms with van der Waals surface area (Å²) in [5, 5.41) is 13.6. The van der Waals surface area contributed by atoms with Gasteiger partial charge >= 0.3 is 0 Å². The highest BCUT2D eigenvalue weighted by atomic mass is 32.1. The van der Waals surface area contributed by atoms with E-state index in [1.807, 2.05) is 43.3 Å². The number of benzene rings is 2. The van der Waals surface area contributed by atoms with Crippen molar-refractivity contribution in [3.63, 3.8) is 0 Å². The lowest BCUT2D eigenvalue weighted by atomic mass is 10.1. The largest absolute Gasteiger partial charge is 0.506 e. The van der Waals surface area contributed by atoms with Gasteiger partial charge in [0.25, 0.3) is 5.56 Å². The van der Waals surface area contributed by atoms with E-state index in [9.17, 15) is 9.90 Å². The molecule has 6 nitrogen and oxygen atoms in total. The molecule has 7 heteroatoms. The van der Waals surface area contributed by atoms with Crippen molar-refractivity contribution in [1.82, 2.24) is 9.55 Å². The predicted octanol–water partition coefficient (Wildman–Crippen LogP) is 4.12. The number of hydrogen-bond donors (Lipinski definition) is 3. The van der Waals surface area contributed by atoms with Crippen molar-refractivity contribution < 1.29 is 5.11 Å². The van der Waals surface area contributed by atoms with Crippen LogP contribution in [0.15, 0.2) is 58.7 Å². The number of aromatic nitrogens is 2. The van der Waals surface area contributed by atoms with Gasteiger partial charge in [0.1, 0.15) is 11.3 Å². The Morgan fingerprint density at radius 3 is 2.74 bits per heavy atom. The van der Waals surface area contributed by atoms with Gasteiger partial charge in [-0.25, -0.2) is 4.98 Å². The summed E-state index contributed by atoms with van der Waals surface area (Å²) in [4.78, 5) is 17.2. The molecule has 0 saturated carbocycles. The molecule has 0 radical (unpaired) electrons. The molecular weight excluding hydrogens is 360 g/mol. The van der Waals surface area contributed by atoms with Crippen LogP contribution in [0.2, 0.25) is 0 Å². The van der Waals surface area contributed by atoms with E-state index in [1.54, 1.807) is 24.6 Å². The molecule has 0 aliphatic rings. The minimum atomic E-state index is -0.283. The Balaban J connectivity index is 1.68. The summed E-state index contributed by atoms with van der Waals surface area (Å²) in [5.41, 5.74) is 9.23. The molecule has 0 saturated heterocycles. The number of rotatable bonds is 4. The summed E-state index contributed by atoms with van der Waals surface area (Å²) in [6.07, 6.45) is 0. The summed E-state index contributed by atoms with van der Waals surface area (Å²) >= 11 is 1.35. The zero-order chi connectivity index (χ0) is 19.0. The van der Waals surface area contributed by atoms with E-state index in [0.29, 0.717) is 21.7 Å². The molecule has 136 valence electrons. The Kier molecular flexibility index (Phi) is 4.29. The molecule has 0 spiro atoms. The number of thiazole rings is 1. The van der Waals surface area contributed by atoms with E-state index < -0.39 is 0 Å². The average Bonchev–Trinajstić information content (AvgIpc) is 3.13. The lowest BCUT2D eigenvalue weighted by molar-refractivity contribution is 0.481. The van der Waals surface area contributed by atoms with Crippen LogP contribution in [0, 0.1) is 6.92 Å². The third-order valence-electron chi connectivity index (χ3n) is 4.37. The Morgan fingerprint density at radius 2 is 1.93 bits per heavy atom. The minimum Gasteiger partial charge on any atom is -0.506 e. The van der Waals surface area contributed by atoms with Gasteiger partial charge in [-0.3, -0.25) is 15.6 Å². The number of para-hydroxylation sites is 1. The molecule has 2 aromatic carbocycles. The smallest absolute Gasteiger partial charge is 0.264 e. The molecule has 0 aliphatic carbocycles. The standard InChI is InChI=1S/C20H18N4O2S/c1-12-6-5-7-13(10-12)22-23-20-21-15(11-27-20)17-18(25)14-8-3-4-9-16(14)24(2)19(17)26/h3-11,22,25H,1-2H3,(H,21,23). The molecule has 4 aromatic rings. The molecule has 0 fully saturated rings. The van der Waals surface area contributed by atoms with Gasteiger partial charge in [-0.2, -0.15) is 0 Å². The van der Waals surface area contributed by atoms with Crippen molar-refractivity contribution in [2.45, 2.75) is 6.92 Å². The van der Waals surface area contributed by atoms with E-state index in [0.717, 1.165) is 11.3 Å². The lowest BCUT2D eigenvalue weighted by Gasteiger charge is -2.10. The molecule has 0 bridgehead atoms. The fourth-order valence-corrected chi connectivity index (χ4v) is 3.66. The molecule has 2 heterocycles. The molecule has 3 N–H and O–H groups in total. The SMILES string of the molecule is Cc1cccc(NNc2nc(-c3c(O)c4ccccc4n(C)c3=O)cs2)c1. The Bertz CT molecular complexity index is 1200. The first-order valence-electron chi connectivity index (χ1n) is 8.40. The number of aromatic hydroxyl groups is 1. The number of fused-ring (bicyclic) bond motifs is 1. The van der Waals surface area contributed by atoms with Crippen molar-refractivity contribution >= 4 is 33.1 Å². The van der Waals surface area contributed by atoms with Crippen LogP contribution < -0.4 is 16.4 Å². The molecule has 27 heavy (non-hydrogen) atoms. The quantitative estimate of drug-likeness (QED) is 0.466. The van der Waals surface area contributed by atoms with E-state index in [2.05, 4.69) is 15.8 Å². The molecule has 0 atom stereocenters. The van der Waals surface area contributed by atoms with Crippen LogP contribution in [0.3, 0.4) is 0 Å². The lowest BCUT2D eigenvalue weighted by Crippen LogP contribution is -2.19. The number of pyridine rings is 1. The number of hydrazine groups is 1. The van der Waals surface area contributed by atoms with Crippen LogP contribution in [0.1, 0.15) is 5.56 Å². The minimum absolute atomic E-state index is 0.0443. The Hall–Kier alpha value is -3.32. The van der Waals surface area contributed by atoms with Gasteiger partial charge in [-0.15, -0.1) is 11.3 Å². The van der Waals surface area contributed by atoms with Crippen LogP contribution in [0.4, 0.5) is 10.8 Å². The van der Waals surface area contributed by atoms with Gasteiger partial charge in [0.05, 0.1) is 16.9 Å². The highest BCUT2D eigenvalue weighted by molar-refractivity contribution is 7.14. The first-order chi connectivity index (χ1) is 13.0. The average molecular weight is 378 g/mol. The number of aryl methyl sites for hydroxylation is 2. The van der Waals surface area contributed by atoms with Crippen LogP contribution in [-0.4, -0.2) is 14.7 Å². The topological polar surface area (TPSA) is 79.2 Å². The van der Waals surface area contributed by atoms with E-state index in [1.165, 1.54) is 15.9 Å². The zero-order valence-corrected chi connectivity index (χ0v) is 15.7. The summed E-state index contributed by atoms with van der Waals surface area (Å²) in [6.45, 7) is 2.02. The summed E-state index contributed by atoms with van der Waals surface area (Å²) in [5.74, 6) is -0.0443. The third-order valence-corrected chi connectivity index (χ3v) is 5.13. The maximum Gasteiger partial charge on any atom is 0.264 e. The summed E-state index contributed by atoms with van der Waals surface area (Å²) in [7, 11) is 1.69. The van der Waals surface area contributed by atoms with Crippen LogP contribution in [-0.2, 0) is 7.05 Å². The third kappa shape index (κ3) is 3.13. The van der Waals surface area contributed by atoms with Gasteiger partial charge in [0.15, 0.2) is 0 Å². The molecule has 0 unspecified atom stereocenters. The molecular formula is C20H18N4O2S. The summed E-state index contributed by atoms with van der Waals surface area (Å²) in [6, 6.07) is 15.2. The second-order valence-corrected chi connectivity index (χ2v) is 7.12. The van der Waals surface area contributed by atoms with Crippen molar-refractivity contribution in [2.24, 2.45) is 7.05 Å². The molecule has 0 amide bonds. The monoisotopic (exact) mass is 378 g/mol. The molecule has 2 aromatic heterocycles. The maximum absolute atomic E-state index is 12.8. The highest BCUT2D eigenvalue weighted by Gasteiger charge is 2.18. The second-order valence-electron chi connectivity index (χ2n) is 6.26. The van der Waals surface area contributed by atoms with Gasteiger partial charge in [-0.05, 0) is 36.8 Å². The molecule has 4 rings (SSSR count). The Labute approximate surface area is 159 Å². The first kappa shape index (κ1) is 17.1. The Morgan fingerprint density at radius 1 is 1.11 bits per heavy atom. The van der Waals surface area contributed by atoms with E-state index in [4.69, 9.17) is 0 Å². The van der Waals surface area contributed by atoms with Crippen molar-refractivity contribution in [1.29, 1.82) is 0 Å². The van der Waals surface area contributed by atoms with Crippen molar-refractivity contribution in [3.05, 3.63) is 69.8 Å². The van der Waals surface area contributed by atoms with Gasteiger partial charge in [0.2, 0.25) is 5.13 Å². The fourth-order valence-electron chi connectivity index (χ4n) is 3.00. The first-order valence-corrected chi connectivity index (χ1v) is 9.28. The molecule has 0 aliphatic heterocycles. The van der Waals surface area contributed by atoms with Crippen molar-refractivity contribution in [2.75, 3.05) is 10.9 Å². The number of anilines is 2. The van der Waals surface area contributed by atoms with E-state index >= 15 is 0 Å². The second kappa shape index (κ2) is 6.77. The highest BCUT2D eigenvalue weighted by Crippen LogP contribution is 2.34. The zero-order valence-electron chi connectivity index (χ0n) is 14.9. The maximum atomic E-state index is 12.8. The van der Waals surface area contributed by atoms with Gasteiger partial charge in [0, 0.05) is 17.8 Å². The number of hydrogen-bond acceptors (Lipinski definition) is 6. The van der Waals surface area contributed by atoms with Crippen LogP contribution in [0.25, 0.3) is 22.2 Å². The summed E-state index contributed by atoms with van der Waals surface area (Å²) < 4.78 is 1.53. The fraction of sp³-hybridized carbons (Fsp3) is 0.100. The van der Waals surface area contributed by atoms with Crippen LogP contribution in [0.5, 0.6) is 5.75 Å². The van der Waals surface area contributed by atoms with Crippen molar-refractivity contribution in [3.8, 4) is 17.0 Å². The van der Waals surface area contributed by atoms with Gasteiger partial charge in [-0.1, -0.05) is 24.3 Å². The van der Waals surface area contributed by atoms with Gasteiger partial charge < -0.3 is 9.67 Å². The number of nitrogens with zero attached hydrogens (tertiary/aromatic N) is 2. The predicted molar refractivity (Wildman–Crippen MR) is 110 cm³/mol. The van der Waals surface area contributed by atoms with Crippen LogP contribution >= 0.6 is 11.3 Å².